The maximum absolute atomic E-state index is 5.17. The minimum absolute atomic E-state index is 0. The van der Waals surface area contributed by atoms with Gasteiger partial charge >= 0.3 is 16.5 Å². The van der Waals surface area contributed by atoms with Gasteiger partial charge in [0, 0.05) is 5.56 Å². The van der Waals surface area contributed by atoms with Crippen LogP contribution in [0, 0.1) is 0 Å². The summed E-state index contributed by atoms with van der Waals surface area (Å²) in [6.45, 7) is 0. The molecule has 0 aliphatic heterocycles. The summed E-state index contributed by atoms with van der Waals surface area (Å²) in [5, 5.41) is 16.3. The first kappa shape index (κ1) is 16.9. The zero-order chi connectivity index (χ0) is 12.7. The second-order valence-electron chi connectivity index (χ2n) is 2.61. The van der Waals surface area contributed by atoms with Gasteiger partial charge in [0.25, 0.3) is 0 Å². The van der Waals surface area contributed by atoms with Gasteiger partial charge in [-0.2, -0.15) is 20.4 Å². The molecule has 0 aliphatic rings. The Kier molecular flexibility index (Phi) is 8.39. The number of rotatable bonds is 4. The van der Waals surface area contributed by atoms with E-state index in [-0.39, 0.29) is 26.8 Å². The third kappa shape index (κ3) is 6.60. The van der Waals surface area contributed by atoms with E-state index >= 15 is 0 Å². The van der Waals surface area contributed by atoms with Crippen LogP contribution < -0.4 is 11.5 Å². The average Bonchev–Trinajstić information content (AvgIpc) is 2.65. The Bertz CT molecular complexity index is 442. The molecule has 0 spiro atoms. The van der Waals surface area contributed by atoms with Gasteiger partial charge in [0.1, 0.15) is 0 Å². The van der Waals surface area contributed by atoms with Crippen LogP contribution in [-0.4, -0.2) is 22.8 Å². The summed E-state index contributed by atoms with van der Waals surface area (Å²) < 4.78 is 0. The van der Waals surface area contributed by atoms with Crippen molar-refractivity contribution in [3.63, 3.8) is 0 Å². The Morgan fingerprint density at radius 3 is 2.22 bits per heavy atom. The smallest absolute Gasteiger partial charge is 0.741 e. The van der Waals surface area contributed by atoms with Crippen molar-refractivity contribution in [2.45, 2.75) is 0 Å². The third-order valence-corrected chi connectivity index (χ3v) is 2.44. The Morgan fingerprint density at radius 2 is 1.67 bits per heavy atom. The zero-order valence-corrected chi connectivity index (χ0v) is 12.2. The van der Waals surface area contributed by atoms with Crippen LogP contribution in [0.1, 0.15) is 10.4 Å². The van der Waals surface area contributed by atoms with Gasteiger partial charge in [-0.1, -0.05) is 0 Å². The van der Waals surface area contributed by atoms with Crippen LogP contribution in [0.5, 0.6) is 0 Å². The number of nitrogens with zero attached hydrogens (tertiary/aromatic N) is 4. The molecule has 0 amide bonds. The third-order valence-electron chi connectivity index (χ3n) is 1.41. The van der Waals surface area contributed by atoms with Crippen molar-refractivity contribution < 1.29 is 16.5 Å². The van der Waals surface area contributed by atoms with Crippen LogP contribution in [-0.2, 0) is 41.7 Å². The van der Waals surface area contributed by atoms with E-state index in [1.807, 2.05) is 11.4 Å². The van der Waals surface area contributed by atoms with Gasteiger partial charge in [-0.25, -0.2) is 0 Å². The minimum atomic E-state index is -0.0184. The monoisotopic (exact) mass is 342 g/mol. The summed E-state index contributed by atoms with van der Waals surface area (Å²) >= 11 is 10.6. The SMILES string of the molecule is N/C([S-])=N/N=C/c1ccsc1/C=N/N=C(/N)[S-].[Ni+2]. The van der Waals surface area contributed by atoms with E-state index in [1.165, 1.54) is 23.8 Å². The van der Waals surface area contributed by atoms with Crippen LogP contribution in [0.15, 0.2) is 31.9 Å². The molecule has 18 heavy (non-hydrogen) atoms. The molecule has 0 unspecified atom stereocenters. The van der Waals surface area contributed by atoms with Gasteiger partial charge in [-0.15, -0.1) is 11.3 Å². The van der Waals surface area contributed by atoms with Gasteiger partial charge < -0.3 is 36.7 Å². The summed E-state index contributed by atoms with van der Waals surface area (Å²) in [5.74, 6) is 0. The van der Waals surface area contributed by atoms with Gasteiger partial charge in [0.15, 0.2) is 0 Å². The molecule has 1 aromatic rings. The zero-order valence-electron chi connectivity index (χ0n) is 8.79. The molecule has 0 aromatic carbocycles. The van der Waals surface area contributed by atoms with Crippen LogP contribution in [0.2, 0.25) is 0 Å². The quantitative estimate of drug-likeness (QED) is 0.267. The molecular formula is C8H8N6NiS3. The molecule has 6 nitrogen and oxygen atoms in total. The van der Waals surface area contributed by atoms with Gasteiger partial charge in [-0.05, 0) is 21.8 Å². The van der Waals surface area contributed by atoms with E-state index in [0.717, 1.165) is 10.4 Å². The predicted molar refractivity (Wildman–Crippen MR) is 77.5 cm³/mol. The van der Waals surface area contributed by atoms with Crippen molar-refractivity contribution in [2.75, 3.05) is 0 Å². The topological polar surface area (TPSA) is 101 Å². The maximum Gasteiger partial charge on any atom is 2.00 e. The molecule has 0 bridgehead atoms. The number of nitrogens with two attached hydrogens (primary N) is 2. The van der Waals surface area contributed by atoms with Crippen LogP contribution in [0.4, 0.5) is 0 Å². The normalized spacial score (nSPS) is 13.1. The second-order valence-corrected chi connectivity index (χ2v) is 4.39. The fourth-order valence-corrected chi connectivity index (χ4v) is 1.65. The van der Waals surface area contributed by atoms with Gasteiger partial charge in [-0.3, -0.25) is 0 Å². The van der Waals surface area contributed by atoms with E-state index in [9.17, 15) is 0 Å². The van der Waals surface area contributed by atoms with E-state index in [4.69, 9.17) is 11.5 Å². The minimum Gasteiger partial charge on any atom is -0.741 e. The summed E-state index contributed by atoms with van der Waals surface area (Å²) in [4.78, 5) is 0.854. The first-order valence-electron chi connectivity index (χ1n) is 4.24. The molecule has 0 radical (unpaired) electrons. The number of amidine groups is 2. The van der Waals surface area contributed by atoms with Crippen molar-refractivity contribution >= 4 is 59.4 Å². The molecule has 1 rings (SSSR count). The van der Waals surface area contributed by atoms with E-state index in [2.05, 4.69) is 45.7 Å². The molecule has 0 aliphatic carbocycles. The maximum atomic E-state index is 5.17. The Balaban J connectivity index is 0.00000289. The number of hydrogen-bond donors (Lipinski definition) is 2. The predicted octanol–water partition coefficient (Wildman–Crippen LogP) is 0.137. The largest absolute Gasteiger partial charge is 2.00 e. The van der Waals surface area contributed by atoms with Crippen LogP contribution in [0.25, 0.3) is 0 Å². The standard InChI is InChI=1S/C8H10N6S3.Ni/c9-7(15)13-11-3-5-1-2-17-6(5)4-12-14-8(10)16;/h1-4H,(H3,9,13,15)(H3,10,14,16);/q;+2/p-2/b11-3+,12-4+;. The molecule has 98 valence electrons. The Labute approximate surface area is 129 Å². The van der Waals surface area contributed by atoms with Gasteiger partial charge in [0.05, 0.1) is 17.3 Å². The summed E-state index contributed by atoms with van der Waals surface area (Å²) in [7, 11) is 0. The molecule has 4 N–H and O–H groups in total. The Morgan fingerprint density at radius 1 is 1.11 bits per heavy atom. The number of hydrogen-bond acceptors (Lipinski definition) is 7. The molecule has 1 heterocycles. The van der Waals surface area contributed by atoms with Crippen molar-refractivity contribution in [3.05, 3.63) is 21.9 Å². The molecule has 10 heteroatoms. The average molecular weight is 343 g/mol. The van der Waals surface area contributed by atoms with E-state index < -0.39 is 0 Å². The van der Waals surface area contributed by atoms with Crippen molar-refractivity contribution in [1.29, 1.82) is 0 Å². The van der Waals surface area contributed by atoms with E-state index in [1.54, 1.807) is 0 Å². The molecule has 0 saturated carbocycles. The summed E-state index contributed by atoms with van der Waals surface area (Å²) in [6.07, 6.45) is 3.06. The fourth-order valence-electron chi connectivity index (χ4n) is 0.829. The van der Waals surface area contributed by atoms with Gasteiger partial charge in [0.2, 0.25) is 0 Å². The molecule has 1 aromatic heterocycles. The van der Waals surface area contributed by atoms with Crippen molar-refractivity contribution in [2.24, 2.45) is 31.9 Å². The summed E-state index contributed by atoms with van der Waals surface area (Å²) in [5.41, 5.74) is 11.2. The second kappa shape index (κ2) is 8.93. The molecule has 0 saturated heterocycles. The van der Waals surface area contributed by atoms with Crippen LogP contribution >= 0.6 is 11.3 Å². The molecular weight excluding hydrogens is 335 g/mol. The van der Waals surface area contributed by atoms with Crippen molar-refractivity contribution in [1.82, 2.24) is 0 Å². The summed E-state index contributed by atoms with van der Waals surface area (Å²) in [6, 6.07) is 1.85. The van der Waals surface area contributed by atoms with Crippen LogP contribution in [0.3, 0.4) is 0 Å². The molecule has 0 atom stereocenters. The first-order chi connectivity index (χ1) is 8.09. The van der Waals surface area contributed by atoms with E-state index in [0.29, 0.717) is 0 Å². The van der Waals surface area contributed by atoms with Crippen molar-refractivity contribution in [3.8, 4) is 0 Å². The number of thiophene rings is 1. The molecule has 0 fully saturated rings. The Hall–Kier alpha value is -1.09. The first-order valence-corrected chi connectivity index (χ1v) is 5.93. The fraction of sp³-hybridized carbons (Fsp3) is 0.